The number of hydrogen-bond donors (Lipinski definition) is 1. The van der Waals surface area contributed by atoms with Crippen LogP contribution in [0.1, 0.15) is 25.7 Å². The largest absolute Gasteiger partial charge is 0.454 e. The number of carbonyl (C=O) groups is 2. The molecule has 0 spiro atoms. The summed E-state index contributed by atoms with van der Waals surface area (Å²) in [4.78, 5) is 29.4. The maximum absolute atomic E-state index is 13.3. The molecule has 1 atom stereocenters. The van der Waals surface area contributed by atoms with E-state index in [1.807, 2.05) is 23.1 Å². The van der Waals surface area contributed by atoms with E-state index < -0.39 is 0 Å². The highest BCUT2D eigenvalue weighted by atomic mass is 16.7. The molecule has 3 aliphatic rings. The quantitative estimate of drug-likeness (QED) is 0.779. The van der Waals surface area contributed by atoms with Crippen molar-refractivity contribution < 1.29 is 23.8 Å². The summed E-state index contributed by atoms with van der Waals surface area (Å²) in [5.74, 6) is 1.74. The fourth-order valence-electron chi connectivity index (χ4n) is 4.61. The Morgan fingerprint density at radius 1 is 1.14 bits per heavy atom. The minimum atomic E-state index is -0.178. The summed E-state index contributed by atoms with van der Waals surface area (Å²) in [6, 6.07) is 5.30. The highest BCUT2D eigenvalue weighted by Crippen LogP contribution is 2.35. The van der Waals surface area contributed by atoms with Crippen molar-refractivity contribution in [1.29, 1.82) is 0 Å². The zero-order chi connectivity index (χ0) is 20.2. The van der Waals surface area contributed by atoms with Gasteiger partial charge in [0, 0.05) is 45.0 Å². The van der Waals surface area contributed by atoms with Crippen LogP contribution in [0, 0.1) is 5.92 Å². The predicted octanol–water partition coefficient (Wildman–Crippen LogP) is 1.70. The number of nitrogens with zero attached hydrogens (tertiary/aromatic N) is 2. The molecule has 2 amide bonds. The lowest BCUT2D eigenvalue weighted by Gasteiger charge is -2.40. The molecule has 1 saturated heterocycles. The second kappa shape index (κ2) is 9.00. The lowest BCUT2D eigenvalue weighted by molar-refractivity contribution is -0.138. The Hall–Kier alpha value is -2.32. The Balaban J connectivity index is 1.43. The second-order valence-corrected chi connectivity index (χ2v) is 7.90. The molecule has 0 bridgehead atoms. The van der Waals surface area contributed by atoms with Crippen LogP contribution < -0.4 is 14.8 Å². The second-order valence-electron chi connectivity index (χ2n) is 7.90. The van der Waals surface area contributed by atoms with Crippen molar-refractivity contribution in [2.75, 3.05) is 52.0 Å². The van der Waals surface area contributed by atoms with E-state index in [1.165, 1.54) is 20.0 Å². The molecule has 1 aliphatic carbocycles. The number of anilines is 1. The van der Waals surface area contributed by atoms with Crippen LogP contribution in [0.5, 0.6) is 11.5 Å². The fourth-order valence-corrected chi connectivity index (χ4v) is 4.61. The molecule has 158 valence electrons. The van der Waals surface area contributed by atoms with Gasteiger partial charge in [-0.3, -0.25) is 14.5 Å². The molecular weight excluding hydrogens is 374 g/mol. The summed E-state index contributed by atoms with van der Waals surface area (Å²) in [6.45, 7) is 2.97. The van der Waals surface area contributed by atoms with Crippen LogP contribution in [0.3, 0.4) is 0 Å². The van der Waals surface area contributed by atoms with Gasteiger partial charge < -0.3 is 24.4 Å². The molecule has 8 heteroatoms. The van der Waals surface area contributed by atoms with E-state index in [-0.39, 0.29) is 31.3 Å². The van der Waals surface area contributed by atoms with Gasteiger partial charge >= 0.3 is 0 Å². The lowest BCUT2D eigenvalue weighted by Crippen LogP contribution is -2.57. The minimum absolute atomic E-state index is 0.00868. The summed E-state index contributed by atoms with van der Waals surface area (Å²) >= 11 is 0. The van der Waals surface area contributed by atoms with Crippen molar-refractivity contribution in [2.24, 2.45) is 5.92 Å². The third-order valence-electron chi connectivity index (χ3n) is 6.08. The van der Waals surface area contributed by atoms with Crippen LogP contribution >= 0.6 is 0 Å². The van der Waals surface area contributed by atoms with Crippen LogP contribution in [-0.2, 0) is 14.3 Å². The molecule has 1 aromatic carbocycles. The molecule has 0 radical (unpaired) electrons. The van der Waals surface area contributed by atoms with Crippen molar-refractivity contribution in [1.82, 2.24) is 9.80 Å². The summed E-state index contributed by atoms with van der Waals surface area (Å²) < 4.78 is 15.7. The van der Waals surface area contributed by atoms with Gasteiger partial charge in [-0.25, -0.2) is 0 Å². The van der Waals surface area contributed by atoms with E-state index >= 15 is 0 Å². The molecule has 2 aliphatic heterocycles. The van der Waals surface area contributed by atoms with Gasteiger partial charge in [-0.2, -0.15) is 0 Å². The number of carbonyl (C=O) groups excluding carboxylic acids is 2. The number of hydrogen-bond acceptors (Lipinski definition) is 6. The Morgan fingerprint density at radius 2 is 1.86 bits per heavy atom. The van der Waals surface area contributed by atoms with Gasteiger partial charge in [0.2, 0.25) is 18.6 Å². The molecule has 1 unspecified atom stereocenters. The summed E-state index contributed by atoms with van der Waals surface area (Å²) in [5, 5.41) is 3.08. The fraction of sp³-hybridized carbons (Fsp3) is 0.619. The Morgan fingerprint density at radius 3 is 2.59 bits per heavy atom. The molecule has 29 heavy (non-hydrogen) atoms. The molecule has 2 fully saturated rings. The molecular formula is C21H29N3O5. The number of methoxy groups -OCH3 is 1. The number of ether oxygens (including phenoxy) is 3. The first-order valence-electron chi connectivity index (χ1n) is 10.4. The maximum atomic E-state index is 13.3. The average Bonchev–Trinajstić information content (AvgIpc) is 3.40. The van der Waals surface area contributed by atoms with Gasteiger partial charge in [0.15, 0.2) is 11.5 Å². The predicted molar refractivity (Wildman–Crippen MR) is 107 cm³/mol. The standard InChI is InChI=1S/C21H29N3O5/c1-27-13-19(25)23-8-10-24(11-9-23)20(15-4-2-3-5-15)21(26)22-16-6-7-17-18(12-16)29-14-28-17/h6-7,12,15,20H,2-5,8-11,13-14H2,1H3,(H,22,26). The third kappa shape index (κ3) is 4.48. The molecule has 1 aromatic rings. The molecule has 0 aromatic heterocycles. The highest BCUT2D eigenvalue weighted by Gasteiger charge is 2.37. The van der Waals surface area contributed by atoms with Crippen molar-refractivity contribution in [3.63, 3.8) is 0 Å². The van der Waals surface area contributed by atoms with E-state index in [0.29, 0.717) is 43.6 Å². The van der Waals surface area contributed by atoms with Crippen molar-refractivity contribution in [3.05, 3.63) is 18.2 Å². The highest BCUT2D eigenvalue weighted by molar-refractivity contribution is 5.95. The van der Waals surface area contributed by atoms with Gasteiger partial charge in [-0.15, -0.1) is 0 Å². The van der Waals surface area contributed by atoms with Crippen molar-refractivity contribution >= 4 is 17.5 Å². The number of amides is 2. The number of rotatable bonds is 6. The first-order chi connectivity index (χ1) is 14.2. The summed E-state index contributed by atoms with van der Waals surface area (Å²) in [5.41, 5.74) is 0.719. The van der Waals surface area contributed by atoms with E-state index in [0.717, 1.165) is 18.5 Å². The van der Waals surface area contributed by atoms with Gasteiger partial charge in [-0.1, -0.05) is 12.8 Å². The van der Waals surface area contributed by atoms with E-state index in [2.05, 4.69) is 10.2 Å². The van der Waals surface area contributed by atoms with Gasteiger partial charge in [0.25, 0.3) is 0 Å². The zero-order valence-corrected chi connectivity index (χ0v) is 16.9. The minimum Gasteiger partial charge on any atom is -0.454 e. The zero-order valence-electron chi connectivity index (χ0n) is 16.9. The van der Waals surface area contributed by atoms with E-state index in [9.17, 15) is 9.59 Å². The smallest absolute Gasteiger partial charge is 0.248 e. The topological polar surface area (TPSA) is 80.3 Å². The first kappa shape index (κ1) is 20.0. The molecule has 2 heterocycles. The Bertz CT molecular complexity index is 742. The van der Waals surface area contributed by atoms with Crippen molar-refractivity contribution in [2.45, 2.75) is 31.7 Å². The molecule has 1 N–H and O–H groups in total. The molecule has 4 rings (SSSR count). The third-order valence-corrected chi connectivity index (χ3v) is 6.08. The number of piperazine rings is 1. The van der Waals surface area contributed by atoms with Gasteiger partial charge in [0.05, 0.1) is 6.04 Å². The van der Waals surface area contributed by atoms with Gasteiger partial charge in [0.1, 0.15) is 6.61 Å². The first-order valence-corrected chi connectivity index (χ1v) is 10.4. The average molecular weight is 403 g/mol. The molecule has 8 nitrogen and oxygen atoms in total. The Kier molecular flexibility index (Phi) is 6.20. The molecule has 1 saturated carbocycles. The van der Waals surface area contributed by atoms with Gasteiger partial charge in [-0.05, 0) is 30.9 Å². The SMILES string of the molecule is COCC(=O)N1CCN(C(C(=O)Nc2ccc3c(c2)OCO3)C2CCCC2)CC1. The normalized spacial score (nSPS) is 20.7. The van der Waals surface area contributed by atoms with Crippen LogP contribution in [0.2, 0.25) is 0 Å². The number of fused-ring (bicyclic) bond motifs is 1. The van der Waals surface area contributed by atoms with Crippen LogP contribution in [0.15, 0.2) is 18.2 Å². The van der Waals surface area contributed by atoms with Crippen LogP contribution in [0.25, 0.3) is 0 Å². The summed E-state index contributed by atoms with van der Waals surface area (Å²) in [6.07, 6.45) is 4.49. The summed E-state index contributed by atoms with van der Waals surface area (Å²) in [7, 11) is 1.53. The van der Waals surface area contributed by atoms with E-state index in [1.54, 1.807) is 0 Å². The lowest BCUT2D eigenvalue weighted by atomic mass is 9.95. The Labute approximate surface area is 171 Å². The monoisotopic (exact) mass is 403 g/mol. The van der Waals surface area contributed by atoms with Crippen LogP contribution in [0.4, 0.5) is 5.69 Å². The maximum Gasteiger partial charge on any atom is 0.248 e. The van der Waals surface area contributed by atoms with Crippen molar-refractivity contribution in [3.8, 4) is 11.5 Å². The van der Waals surface area contributed by atoms with E-state index in [4.69, 9.17) is 14.2 Å². The number of benzene rings is 1. The number of nitrogens with one attached hydrogen (secondary N) is 1. The van der Waals surface area contributed by atoms with Crippen LogP contribution in [-0.4, -0.2) is 74.3 Å².